The number of methoxy groups -OCH3 is 2. The molecule has 2 atom stereocenters. The third-order valence-electron chi connectivity index (χ3n) is 3.95. The molecule has 0 aliphatic heterocycles. The van der Waals surface area contributed by atoms with E-state index < -0.39 is 6.10 Å². The molecule has 0 radical (unpaired) electrons. The fourth-order valence-electron chi connectivity index (χ4n) is 2.56. The number of hydrogen-bond acceptors (Lipinski definition) is 4. The Labute approximate surface area is 138 Å². The van der Waals surface area contributed by atoms with Gasteiger partial charge in [0, 0.05) is 18.2 Å². The van der Waals surface area contributed by atoms with Crippen molar-refractivity contribution in [3.05, 3.63) is 59.2 Å². The van der Waals surface area contributed by atoms with Gasteiger partial charge in [0.05, 0.1) is 20.3 Å². The van der Waals surface area contributed by atoms with Gasteiger partial charge in [0.15, 0.2) is 0 Å². The fourth-order valence-corrected chi connectivity index (χ4v) is 2.56. The van der Waals surface area contributed by atoms with Crippen molar-refractivity contribution in [3.63, 3.8) is 0 Å². The maximum absolute atomic E-state index is 10.4. The average Bonchev–Trinajstić information content (AvgIpc) is 2.59. The Balaban J connectivity index is 2.03. The first-order chi connectivity index (χ1) is 11.0. The summed E-state index contributed by atoms with van der Waals surface area (Å²) < 4.78 is 10.6. The van der Waals surface area contributed by atoms with Crippen LogP contribution in [0.1, 0.15) is 35.8 Å². The van der Waals surface area contributed by atoms with Crippen molar-refractivity contribution in [1.82, 2.24) is 5.32 Å². The van der Waals surface area contributed by atoms with Crippen molar-refractivity contribution in [2.45, 2.75) is 26.0 Å². The summed E-state index contributed by atoms with van der Waals surface area (Å²) >= 11 is 0. The molecule has 0 spiro atoms. The van der Waals surface area contributed by atoms with Crippen LogP contribution in [0.15, 0.2) is 42.5 Å². The number of aliphatic hydroxyl groups is 1. The Hall–Kier alpha value is -2.04. The number of aryl methyl sites for hydroxylation is 1. The smallest absolute Gasteiger partial charge is 0.123 e. The highest BCUT2D eigenvalue weighted by Crippen LogP contribution is 2.26. The molecule has 0 heterocycles. The first-order valence-electron chi connectivity index (χ1n) is 7.75. The average molecular weight is 315 g/mol. The first kappa shape index (κ1) is 17.3. The first-order valence-corrected chi connectivity index (χ1v) is 7.75. The lowest BCUT2D eigenvalue weighted by molar-refractivity contribution is 0.170. The molecule has 4 heteroatoms. The normalized spacial score (nSPS) is 13.4. The van der Waals surface area contributed by atoms with Crippen LogP contribution in [0.3, 0.4) is 0 Å². The molecular formula is C19H25NO3. The molecule has 23 heavy (non-hydrogen) atoms. The molecular weight excluding hydrogens is 290 g/mol. The van der Waals surface area contributed by atoms with E-state index in [4.69, 9.17) is 9.47 Å². The van der Waals surface area contributed by atoms with Crippen LogP contribution in [-0.2, 0) is 0 Å². The highest BCUT2D eigenvalue weighted by atomic mass is 16.5. The van der Waals surface area contributed by atoms with E-state index in [1.807, 2.05) is 36.4 Å². The molecule has 2 aromatic carbocycles. The zero-order chi connectivity index (χ0) is 16.8. The van der Waals surface area contributed by atoms with Gasteiger partial charge in [0.2, 0.25) is 0 Å². The van der Waals surface area contributed by atoms with Gasteiger partial charge >= 0.3 is 0 Å². The highest BCUT2D eigenvalue weighted by molar-refractivity contribution is 5.39. The van der Waals surface area contributed by atoms with Gasteiger partial charge < -0.3 is 19.9 Å². The molecule has 2 rings (SSSR count). The molecule has 124 valence electrons. The molecule has 0 saturated heterocycles. The minimum absolute atomic E-state index is 0.0742. The molecule has 0 bridgehead atoms. The Kier molecular flexibility index (Phi) is 6.02. The lowest BCUT2D eigenvalue weighted by Crippen LogP contribution is -2.25. The van der Waals surface area contributed by atoms with Gasteiger partial charge in [-0.3, -0.25) is 0 Å². The lowest BCUT2D eigenvalue weighted by Gasteiger charge is -2.20. The maximum atomic E-state index is 10.4. The highest BCUT2D eigenvalue weighted by Gasteiger charge is 2.14. The SMILES string of the molecule is COc1cccc(C(O)CNC(C)c2cc(C)ccc2OC)c1. The van der Waals surface area contributed by atoms with Crippen molar-refractivity contribution in [3.8, 4) is 11.5 Å². The van der Waals surface area contributed by atoms with Gasteiger partial charge in [-0.15, -0.1) is 0 Å². The number of hydrogen-bond donors (Lipinski definition) is 2. The molecule has 2 unspecified atom stereocenters. The summed E-state index contributed by atoms with van der Waals surface area (Å²) in [6.45, 7) is 4.57. The van der Waals surface area contributed by atoms with E-state index in [0.29, 0.717) is 6.54 Å². The Bertz CT molecular complexity index is 642. The summed E-state index contributed by atoms with van der Waals surface area (Å²) in [4.78, 5) is 0. The topological polar surface area (TPSA) is 50.7 Å². The van der Waals surface area contributed by atoms with Crippen molar-refractivity contribution in [1.29, 1.82) is 0 Å². The molecule has 0 amide bonds. The molecule has 4 nitrogen and oxygen atoms in total. The monoisotopic (exact) mass is 315 g/mol. The maximum Gasteiger partial charge on any atom is 0.123 e. The minimum atomic E-state index is -0.594. The van der Waals surface area contributed by atoms with Gasteiger partial charge in [-0.1, -0.05) is 29.8 Å². The van der Waals surface area contributed by atoms with Gasteiger partial charge in [0.1, 0.15) is 11.5 Å². The predicted octanol–water partition coefficient (Wildman–Crippen LogP) is 3.40. The number of ether oxygens (including phenoxy) is 2. The van der Waals surface area contributed by atoms with Crippen molar-refractivity contribution >= 4 is 0 Å². The second kappa shape index (κ2) is 7.99. The van der Waals surface area contributed by atoms with E-state index in [9.17, 15) is 5.11 Å². The summed E-state index contributed by atoms with van der Waals surface area (Å²) in [6, 6.07) is 13.7. The third kappa shape index (κ3) is 4.47. The molecule has 2 aromatic rings. The third-order valence-corrected chi connectivity index (χ3v) is 3.95. The van der Waals surface area contributed by atoms with Gasteiger partial charge in [-0.25, -0.2) is 0 Å². The van der Waals surface area contributed by atoms with Crippen molar-refractivity contribution in [2.24, 2.45) is 0 Å². The number of benzene rings is 2. The van der Waals surface area contributed by atoms with Crippen LogP contribution < -0.4 is 14.8 Å². The summed E-state index contributed by atoms with van der Waals surface area (Å²) in [5, 5.41) is 13.7. The number of aliphatic hydroxyl groups excluding tert-OH is 1. The molecule has 2 N–H and O–H groups in total. The van der Waals surface area contributed by atoms with Crippen LogP contribution in [-0.4, -0.2) is 25.9 Å². The minimum Gasteiger partial charge on any atom is -0.497 e. The van der Waals surface area contributed by atoms with Gasteiger partial charge in [-0.2, -0.15) is 0 Å². The van der Waals surface area contributed by atoms with E-state index in [2.05, 4.69) is 25.2 Å². The largest absolute Gasteiger partial charge is 0.497 e. The molecule has 0 aliphatic rings. The lowest BCUT2D eigenvalue weighted by atomic mass is 10.0. The van der Waals surface area contributed by atoms with Crippen LogP contribution in [0.4, 0.5) is 0 Å². The zero-order valence-electron chi connectivity index (χ0n) is 14.2. The standard InChI is InChI=1S/C19H25NO3/c1-13-8-9-19(23-4)17(10-13)14(2)20-12-18(21)15-6-5-7-16(11-15)22-3/h5-11,14,18,20-21H,12H2,1-4H3. The second-order valence-corrected chi connectivity index (χ2v) is 5.67. The van der Waals surface area contributed by atoms with Gasteiger partial charge in [0.25, 0.3) is 0 Å². The quantitative estimate of drug-likeness (QED) is 0.822. The van der Waals surface area contributed by atoms with Crippen LogP contribution in [0.2, 0.25) is 0 Å². The van der Waals surface area contributed by atoms with E-state index >= 15 is 0 Å². The van der Waals surface area contributed by atoms with E-state index in [-0.39, 0.29) is 6.04 Å². The molecule has 0 saturated carbocycles. The fraction of sp³-hybridized carbons (Fsp3) is 0.368. The van der Waals surface area contributed by atoms with Crippen LogP contribution in [0.25, 0.3) is 0 Å². The Morgan fingerprint density at radius 2 is 1.87 bits per heavy atom. The Morgan fingerprint density at radius 1 is 1.09 bits per heavy atom. The molecule has 0 fully saturated rings. The summed E-state index contributed by atoms with van der Waals surface area (Å²) in [5.74, 6) is 1.60. The van der Waals surface area contributed by atoms with Crippen molar-refractivity contribution < 1.29 is 14.6 Å². The van der Waals surface area contributed by atoms with E-state index in [1.54, 1.807) is 14.2 Å². The van der Waals surface area contributed by atoms with E-state index in [0.717, 1.165) is 22.6 Å². The van der Waals surface area contributed by atoms with Gasteiger partial charge in [-0.05, 0) is 37.6 Å². The van der Waals surface area contributed by atoms with Crippen LogP contribution in [0, 0.1) is 6.92 Å². The van der Waals surface area contributed by atoms with Crippen LogP contribution in [0.5, 0.6) is 11.5 Å². The molecule has 0 aliphatic carbocycles. The molecule has 0 aromatic heterocycles. The Morgan fingerprint density at radius 3 is 2.57 bits per heavy atom. The predicted molar refractivity (Wildman–Crippen MR) is 92.1 cm³/mol. The zero-order valence-corrected chi connectivity index (χ0v) is 14.2. The number of rotatable bonds is 7. The summed E-state index contributed by atoms with van der Waals surface area (Å²) in [5.41, 5.74) is 3.10. The van der Waals surface area contributed by atoms with E-state index in [1.165, 1.54) is 5.56 Å². The van der Waals surface area contributed by atoms with Crippen LogP contribution >= 0.6 is 0 Å². The van der Waals surface area contributed by atoms with Crippen molar-refractivity contribution in [2.75, 3.05) is 20.8 Å². The summed E-state index contributed by atoms with van der Waals surface area (Å²) in [6.07, 6.45) is -0.594. The summed E-state index contributed by atoms with van der Waals surface area (Å²) in [7, 11) is 3.29. The number of nitrogens with one attached hydrogen (secondary N) is 1. The second-order valence-electron chi connectivity index (χ2n) is 5.67.